The fraction of sp³-hybridized carbons (Fsp3) is 0.273. The zero-order chi connectivity index (χ0) is 22.8. The van der Waals surface area contributed by atoms with Crippen LogP contribution in [0.5, 0.6) is 28.7 Å². The predicted molar refractivity (Wildman–Crippen MR) is 112 cm³/mol. The second-order valence-corrected chi connectivity index (χ2v) is 6.06. The summed E-state index contributed by atoms with van der Waals surface area (Å²) in [6.07, 6.45) is 3.63. The molecule has 0 aliphatic rings. The van der Waals surface area contributed by atoms with Crippen molar-refractivity contribution in [3.05, 3.63) is 41.5 Å². The Hall–Kier alpha value is -3.72. The van der Waals surface area contributed by atoms with Crippen LogP contribution in [0.25, 0.3) is 12.2 Å². The van der Waals surface area contributed by atoms with E-state index in [1.807, 2.05) is 6.08 Å². The number of hydrogen-bond donors (Lipinski definition) is 1. The summed E-state index contributed by atoms with van der Waals surface area (Å²) in [5.74, 6) is 0.134. The van der Waals surface area contributed by atoms with Crippen molar-refractivity contribution in [2.45, 2.75) is 0 Å². The summed E-state index contributed by atoms with van der Waals surface area (Å²) in [6.45, 7) is -1.09. The number of aliphatic carboxylic acids is 1. The van der Waals surface area contributed by atoms with Gasteiger partial charge in [-0.3, -0.25) is 0 Å². The topological polar surface area (TPSA) is 110 Å². The third-order valence-corrected chi connectivity index (χ3v) is 4.01. The van der Waals surface area contributed by atoms with Gasteiger partial charge >= 0.3 is 11.9 Å². The molecule has 0 heterocycles. The third-order valence-electron chi connectivity index (χ3n) is 4.01. The van der Waals surface area contributed by atoms with Gasteiger partial charge in [0.2, 0.25) is 5.75 Å². The fourth-order valence-electron chi connectivity index (χ4n) is 2.64. The lowest BCUT2D eigenvalue weighted by Crippen LogP contribution is -2.19. The first-order valence-electron chi connectivity index (χ1n) is 9.08. The largest absolute Gasteiger partial charge is 0.493 e. The zero-order valence-corrected chi connectivity index (χ0v) is 17.7. The molecule has 0 aliphatic heterocycles. The van der Waals surface area contributed by atoms with E-state index in [4.69, 9.17) is 33.5 Å². The van der Waals surface area contributed by atoms with Crippen LogP contribution in [0.2, 0.25) is 0 Å². The minimum atomic E-state index is -1.18. The highest BCUT2D eigenvalue weighted by Crippen LogP contribution is 2.38. The number of hydrogen-bond acceptors (Lipinski definition) is 8. The van der Waals surface area contributed by atoms with Crippen molar-refractivity contribution in [2.75, 3.05) is 41.7 Å². The van der Waals surface area contributed by atoms with E-state index in [9.17, 15) is 9.59 Å². The molecule has 2 aromatic carbocycles. The highest BCUT2D eigenvalue weighted by Gasteiger charge is 2.13. The van der Waals surface area contributed by atoms with Gasteiger partial charge in [0.05, 0.1) is 28.4 Å². The third kappa shape index (κ3) is 6.65. The van der Waals surface area contributed by atoms with Gasteiger partial charge < -0.3 is 33.5 Å². The fourth-order valence-corrected chi connectivity index (χ4v) is 2.64. The molecule has 0 atom stereocenters. The maximum absolute atomic E-state index is 11.9. The van der Waals surface area contributed by atoms with Crippen LogP contribution in [0.1, 0.15) is 11.1 Å². The summed E-state index contributed by atoms with van der Waals surface area (Å²) >= 11 is 0. The minimum Gasteiger partial charge on any atom is -0.493 e. The Kier molecular flexibility index (Phi) is 8.71. The molecule has 0 saturated heterocycles. The van der Waals surface area contributed by atoms with Gasteiger partial charge in [-0.2, -0.15) is 0 Å². The highest BCUT2D eigenvalue weighted by molar-refractivity contribution is 5.77. The lowest BCUT2D eigenvalue weighted by molar-refractivity contribution is -0.147. The van der Waals surface area contributed by atoms with Crippen molar-refractivity contribution in [1.29, 1.82) is 0 Å². The molecular weight excluding hydrogens is 408 g/mol. The first-order chi connectivity index (χ1) is 14.9. The van der Waals surface area contributed by atoms with Crippen molar-refractivity contribution in [2.24, 2.45) is 0 Å². The van der Waals surface area contributed by atoms with E-state index in [1.54, 1.807) is 36.4 Å². The van der Waals surface area contributed by atoms with Crippen molar-refractivity contribution >= 4 is 24.1 Å². The molecule has 9 heteroatoms. The number of benzene rings is 2. The van der Waals surface area contributed by atoms with Gasteiger partial charge in [-0.1, -0.05) is 18.2 Å². The molecule has 2 rings (SSSR count). The van der Waals surface area contributed by atoms with Crippen LogP contribution in [0.15, 0.2) is 30.3 Å². The normalized spacial score (nSPS) is 10.6. The SMILES string of the molecule is COc1ccc(/C=C\c2cc(OC)c(OC)c(OC)c2)cc1OC(=O)COCC(=O)O. The first-order valence-corrected chi connectivity index (χ1v) is 9.08. The van der Waals surface area contributed by atoms with E-state index >= 15 is 0 Å². The molecule has 0 aliphatic carbocycles. The standard InChI is InChI=1S/C22H24O9/c1-26-16-8-7-14(9-17(16)31-21(25)13-30-12-20(23)24)5-6-15-10-18(27-2)22(29-4)19(11-15)28-3/h5-11H,12-13H2,1-4H3,(H,23,24)/b6-5-. The Labute approximate surface area is 179 Å². The van der Waals surface area contributed by atoms with Crippen LogP contribution in [0.3, 0.4) is 0 Å². The van der Waals surface area contributed by atoms with Crippen molar-refractivity contribution < 1.29 is 43.1 Å². The molecule has 2 aromatic rings. The molecule has 166 valence electrons. The van der Waals surface area contributed by atoms with Crippen LogP contribution >= 0.6 is 0 Å². The molecule has 1 N–H and O–H groups in total. The minimum absolute atomic E-state index is 0.179. The van der Waals surface area contributed by atoms with E-state index < -0.39 is 25.2 Å². The second kappa shape index (κ2) is 11.5. The molecule has 0 aromatic heterocycles. The van der Waals surface area contributed by atoms with Gasteiger partial charge in [-0.25, -0.2) is 9.59 Å². The highest BCUT2D eigenvalue weighted by atomic mass is 16.6. The van der Waals surface area contributed by atoms with Crippen molar-refractivity contribution in [1.82, 2.24) is 0 Å². The Morgan fingerprint density at radius 1 is 0.774 bits per heavy atom. The summed E-state index contributed by atoms with van der Waals surface area (Å²) in [5.41, 5.74) is 1.52. The lowest BCUT2D eigenvalue weighted by atomic mass is 10.1. The molecule has 0 saturated carbocycles. The van der Waals surface area contributed by atoms with Crippen LogP contribution in [-0.2, 0) is 14.3 Å². The average Bonchev–Trinajstić information content (AvgIpc) is 2.76. The number of esters is 1. The molecule has 0 bridgehead atoms. The summed E-state index contributed by atoms with van der Waals surface area (Å²) in [4.78, 5) is 22.4. The number of rotatable bonds is 11. The number of carbonyl (C=O) groups excluding carboxylic acids is 1. The maximum atomic E-state index is 11.9. The number of carboxylic acid groups (broad SMARTS) is 1. The molecule has 0 spiro atoms. The van der Waals surface area contributed by atoms with Gasteiger partial charge in [0.1, 0.15) is 13.2 Å². The number of methoxy groups -OCH3 is 4. The molecule has 0 fully saturated rings. The number of ether oxygens (including phenoxy) is 6. The van der Waals surface area contributed by atoms with Gasteiger partial charge in [0, 0.05) is 0 Å². The number of carboxylic acids is 1. The van der Waals surface area contributed by atoms with Crippen molar-refractivity contribution in [3.63, 3.8) is 0 Å². The maximum Gasteiger partial charge on any atom is 0.337 e. The Bertz CT molecular complexity index is 925. The summed E-state index contributed by atoms with van der Waals surface area (Å²) < 4.78 is 31.2. The molecule has 0 amide bonds. The van der Waals surface area contributed by atoms with Gasteiger partial charge in [0.25, 0.3) is 0 Å². The second-order valence-electron chi connectivity index (χ2n) is 6.06. The molecule has 0 unspecified atom stereocenters. The van der Waals surface area contributed by atoms with Crippen LogP contribution in [-0.4, -0.2) is 58.7 Å². The Morgan fingerprint density at radius 2 is 1.35 bits per heavy atom. The lowest BCUT2D eigenvalue weighted by Gasteiger charge is -2.13. The van der Waals surface area contributed by atoms with Crippen LogP contribution in [0, 0.1) is 0 Å². The monoisotopic (exact) mass is 432 g/mol. The van der Waals surface area contributed by atoms with E-state index in [0.29, 0.717) is 23.0 Å². The smallest absolute Gasteiger partial charge is 0.337 e. The summed E-state index contributed by atoms with van der Waals surface area (Å²) in [7, 11) is 6.05. The van der Waals surface area contributed by atoms with E-state index in [1.165, 1.54) is 28.4 Å². The summed E-state index contributed by atoms with van der Waals surface area (Å²) in [5, 5.41) is 8.56. The number of carbonyl (C=O) groups is 2. The molecular formula is C22H24O9. The van der Waals surface area contributed by atoms with Crippen molar-refractivity contribution in [3.8, 4) is 28.7 Å². The summed E-state index contributed by atoms with van der Waals surface area (Å²) in [6, 6.07) is 8.63. The van der Waals surface area contributed by atoms with Crippen LogP contribution < -0.4 is 23.7 Å². The van der Waals surface area contributed by atoms with E-state index in [2.05, 4.69) is 0 Å². The zero-order valence-electron chi connectivity index (χ0n) is 17.7. The van der Waals surface area contributed by atoms with Gasteiger partial charge in [0.15, 0.2) is 23.0 Å². The van der Waals surface area contributed by atoms with E-state index in [-0.39, 0.29) is 5.75 Å². The molecule has 9 nitrogen and oxygen atoms in total. The first kappa shape index (κ1) is 23.6. The van der Waals surface area contributed by atoms with Gasteiger partial charge in [-0.15, -0.1) is 0 Å². The molecule has 31 heavy (non-hydrogen) atoms. The van der Waals surface area contributed by atoms with Gasteiger partial charge in [-0.05, 0) is 35.4 Å². The van der Waals surface area contributed by atoms with E-state index in [0.717, 1.165) is 11.1 Å². The Morgan fingerprint density at radius 3 is 1.90 bits per heavy atom. The average molecular weight is 432 g/mol. The molecule has 0 radical (unpaired) electrons. The Balaban J connectivity index is 2.22. The van der Waals surface area contributed by atoms with Crippen LogP contribution in [0.4, 0.5) is 0 Å². The predicted octanol–water partition coefficient (Wildman–Crippen LogP) is 2.90. The quantitative estimate of drug-likeness (QED) is 0.326.